The van der Waals surface area contributed by atoms with Crippen molar-refractivity contribution in [2.75, 3.05) is 6.61 Å². The summed E-state index contributed by atoms with van der Waals surface area (Å²) in [6, 6.07) is 13.9. The van der Waals surface area contributed by atoms with Crippen LogP contribution in [-0.2, 0) is 16.1 Å². The molecule has 5 heteroatoms. The second-order valence-corrected chi connectivity index (χ2v) is 7.25. The Morgan fingerprint density at radius 3 is 1.93 bits per heavy atom. The van der Waals surface area contributed by atoms with Crippen LogP contribution in [0.2, 0.25) is 0 Å². The highest BCUT2D eigenvalue weighted by atomic mass is 79.9. The molecule has 0 radical (unpaired) electrons. The highest BCUT2D eigenvalue weighted by molar-refractivity contribution is 9.10. The third kappa shape index (κ3) is 7.55. The van der Waals surface area contributed by atoms with E-state index in [1.54, 1.807) is 24.3 Å². The second-order valence-electron chi connectivity index (χ2n) is 6.33. The van der Waals surface area contributed by atoms with Crippen molar-refractivity contribution >= 4 is 27.9 Å². The van der Waals surface area contributed by atoms with Crippen molar-refractivity contribution in [1.29, 1.82) is 0 Å². The fourth-order valence-electron chi connectivity index (χ4n) is 2.51. The number of esters is 2. The smallest absolute Gasteiger partial charge is 0.338 e. The Morgan fingerprint density at radius 2 is 1.33 bits per heavy atom. The van der Waals surface area contributed by atoms with Crippen LogP contribution in [0, 0.1) is 0 Å². The van der Waals surface area contributed by atoms with Crippen LogP contribution in [0.25, 0.3) is 0 Å². The molecule has 2 aromatic carbocycles. The Hall–Kier alpha value is -2.14. The SMILES string of the molecule is CCCCCCCOC(=O)c1ccc(C(=O)OCc2ccc(Br)cc2)cc1. The van der Waals surface area contributed by atoms with Gasteiger partial charge in [0.15, 0.2) is 0 Å². The van der Waals surface area contributed by atoms with E-state index in [0.717, 1.165) is 22.9 Å². The van der Waals surface area contributed by atoms with Crippen LogP contribution in [0.4, 0.5) is 0 Å². The van der Waals surface area contributed by atoms with Crippen LogP contribution in [-0.4, -0.2) is 18.5 Å². The molecule has 2 aromatic rings. The molecule has 0 unspecified atom stereocenters. The highest BCUT2D eigenvalue weighted by Gasteiger charge is 2.11. The molecule has 0 saturated carbocycles. The number of benzene rings is 2. The molecule has 0 atom stereocenters. The maximum absolute atomic E-state index is 12.1. The number of ether oxygens (including phenoxy) is 2. The van der Waals surface area contributed by atoms with Crippen molar-refractivity contribution in [1.82, 2.24) is 0 Å². The van der Waals surface area contributed by atoms with E-state index in [2.05, 4.69) is 22.9 Å². The maximum Gasteiger partial charge on any atom is 0.338 e. The summed E-state index contributed by atoms with van der Waals surface area (Å²) in [5, 5.41) is 0. The topological polar surface area (TPSA) is 52.6 Å². The van der Waals surface area contributed by atoms with Crippen LogP contribution in [0.3, 0.4) is 0 Å². The van der Waals surface area contributed by atoms with E-state index in [4.69, 9.17) is 9.47 Å². The molecule has 4 nitrogen and oxygen atoms in total. The van der Waals surface area contributed by atoms with Gasteiger partial charge in [0, 0.05) is 4.47 Å². The van der Waals surface area contributed by atoms with E-state index in [1.807, 2.05) is 24.3 Å². The van der Waals surface area contributed by atoms with Gasteiger partial charge in [-0.3, -0.25) is 0 Å². The second kappa shape index (κ2) is 11.5. The standard InChI is InChI=1S/C22H25BrO4/c1-2-3-4-5-6-15-26-21(24)18-9-11-19(12-10-18)22(25)27-16-17-7-13-20(23)14-8-17/h7-14H,2-6,15-16H2,1H3. The van der Waals surface area contributed by atoms with E-state index in [0.29, 0.717) is 17.7 Å². The van der Waals surface area contributed by atoms with Gasteiger partial charge in [0.05, 0.1) is 17.7 Å². The molecule has 0 bridgehead atoms. The van der Waals surface area contributed by atoms with Gasteiger partial charge in [-0.05, 0) is 48.4 Å². The fraction of sp³-hybridized carbons (Fsp3) is 0.364. The largest absolute Gasteiger partial charge is 0.462 e. The van der Waals surface area contributed by atoms with Gasteiger partial charge in [0.2, 0.25) is 0 Å². The van der Waals surface area contributed by atoms with E-state index in [9.17, 15) is 9.59 Å². The number of carbonyl (C=O) groups is 2. The van der Waals surface area contributed by atoms with Gasteiger partial charge in [-0.1, -0.05) is 60.7 Å². The molecule has 2 rings (SSSR count). The average molecular weight is 433 g/mol. The Kier molecular flexibility index (Phi) is 9.05. The van der Waals surface area contributed by atoms with Gasteiger partial charge in [-0.25, -0.2) is 9.59 Å². The molecular formula is C22H25BrO4. The van der Waals surface area contributed by atoms with Crippen LogP contribution in [0.5, 0.6) is 0 Å². The lowest BCUT2D eigenvalue weighted by Gasteiger charge is -2.07. The zero-order valence-electron chi connectivity index (χ0n) is 15.6. The first-order valence-electron chi connectivity index (χ1n) is 9.29. The van der Waals surface area contributed by atoms with Crippen molar-refractivity contribution in [2.24, 2.45) is 0 Å². The minimum Gasteiger partial charge on any atom is -0.462 e. The predicted octanol–water partition coefficient (Wildman–Crippen LogP) is 5.93. The number of hydrogen-bond donors (Lipinski definition) is 0. The molecule has 0 aliphatic heterocycles. The lowest BCUT2D eigenvalue weighted by atomic mass is 10.1. The summed E-state index contributed by atoms with van der Waals surface area (Å²) < 4.78 is 11.5. The number of unbranched alkanes of at least 4 members (excludes halogenated alkanes) is 4. The fourth-order valence-corrected chi connectivity index (χ4v) is 2.77. The predicted molar refractivity (Wildman–Crippen MR) is 109 cm³/mol. The third-order valence-corrected chi connectivity index (χ3v) is 4.65. The summed E-state index contributed by atoms with van der Waals surface area (Å²) in [6.45, 7) is 2.80. The Bertz CT molecular complexity index is 723. The van der Waals surface area contributed by atoms with Crippen LogP contribution in [0.1, 0.15) is 65.3 Å². The van der Waals surface area contributed by atoms with Crippen molar-refractivity contribution in [3.05, 3.63) is 69.7 Å². The lowest BCUT2D eigenvalue weighted by Crippen LogP contribution is -2.08. The molecule has 0 saturated heterocycles. The van der Waals surface area contributed by atoms with Crippen molar-refractivity contribution in [2.45, 2.75) is 45.6 Å². The summed E-state index contributed by atoms with van der Waals surface area (Å²) in [5.74, 6) is -0.783. The van der Waals surface area contributed by atoms with Gasteiger partial charge in [-0.15, -0.1) is 0 Å². The number of hydrogen-bond acceptors (Lipinski definition) is 4. The molecule has 0 N–H and O–H groups in total. The monoisotopic (exact) mass is 432 g/mol. The molecule has 27 heavy (non-hydrogen) atoms. The summed E-state index contributed by atoms with van der Waals surface area (Å²) >= 11 is 3.36. The molecule has 0 fully saturated rings. The average Bonchev–Trinajstić information content (AvgIpc) is 2.70. The molecule has 0 aromatic heterocycles. The molecule has 0 amide bonds. The van der Waals surface area contributed by atoms with Crippen LogP contribution < -0.4 is 0 Å². The molecule has 0 spiro atoms. The van der Waals surface area contributed by atoms with Crippen molar-refractivity contribution in [3.63, 3.8) is 0 Å². The first kappa shape index (κ1) is 21.2. The van der Waals surface area contributed by atoms with E-state index in [1.165, 1.54) is 19.3 Å². The normalized spacial score (nSPS) is 10.4. The van der Waals surface area contributed by atoms with Crippen molar-refractivity contribution in [3.8, 4) is 0 Å². The molecule has 144 valence electrons. The Labute approximate surface area is 169 Å². The van der Waals surface area contributed by atoms with Gasteiger partial charge < -0.3 is 9.47 Å². The quantitative estimate of drug-likeness (QED) is 0.344. The summed E-state index contributed by atoms with van der Waals surface area (Å²) in [4.78, 5) is 24.1. The lowest BCUT2D eigenvalue weighted by molar-refractivity contribution is 0.0466. The van der Waals surface area contributed by atoms with Crippen LogP contribution in [0.15, 0.2) is 53.0 Å². The summed E-state index contributed by atoms with van der Waals surface area (Å²) in [7, 11) is 0. The zero-order chi connectivity index (χ0) is 19.5. The first-order chi connectivity index (χ1) is 13.1. The molecule has 0 aliphatic rings. The van der Waals surface area contributed by atoms with Crippen molar-refractivity contribution < 1.29 is 19.1 Å². The van der Waals surface area contributed by atoms with Crippen LogP contribution >= 0.6 is 15.9 Å². The summed E-state index contributed by atoms with van der Waals surface area (Å²) in [5.41, 5.74) is 1.75. The minimum atomic E-state index is -0.422. The number of rotatable bonds is 10. The first-order valence-corrected chi connectivity index (χ1v) is 10.1. The van der Waals surface area contributed by atoms with E-state index >= 15 is 0 Å². The Morgan fingerprint density at radius 1 is 0.778 bits per heavy atom. The summed E-state index contributed by atoms with van der Waals surface area (Å²) in [6.07, 6.45) is 5.53. The molecular weight excluding hydrogens is 408 g/mol. The number of carbonyl (C=O) groups excluding carboxylic acids is 2. The molecule has 0 aliphatic carbocycles. The van der Waals surface area contributed by atoms with Gasteiger partial charge in [0.25, 0.3) is 0 Å². The Balaban J connectivity index is 1.76. The maximum atomic E-state index is 12.1. The minimum absolute atomic E-state index is 0.202. The van der Waals surface area contributed by atoms with E-state index in [-0.39, 0.29) is 12.6 Å². The van der Waals surface area contributed by atoms with E-state index < -0.39 is 5.97 Å². The third-order valence-electron chi connectivity index (χ3n) is 4.12. The molecule has 0 heterocycles. The van der Waals surface area contributed by atoms with Gasteiger partial charge in [0.1, 0.15) is 6.61 Å². The zero-order valence-corrected chi connectivity index (χ0v) is 17.2. The van der Waals surface area contributed by atoms with Gasteiger partial charge >= 0.3 is 11.9 Å². The highest BCUT2D eigenvalue weighted by Crippen LogP contribution is 2.13. The number of halogens is 1. The van der Waals surface area contributed by atoms with Gasteiger partial charge in [-0.2, -0.15) is 0 Å².